The molecule has 0 aliphatic carbocycles. The van der Waals surface area contributed by atoms with Crippen LogP contribution < -0.4 is 15.4 Å². The summed E-state index contributed by atoms with van der Waals surface area (Å²) in [5.41, 5.74) is -0.168. The van der Waals surface area contributed by atoms with Gasteiger partial charge in [-0.25, -0.2) is 12.7 Å². The molecule has 0 unspecified atom stereocenters. The van der Waals surface area contributed by atoms with Gasteiger partial charge < -0.3 is 20.1 Å². The summed E-state index contributed by atoms with van der Waals surface area (Å²) in [7, 11) is -3.71. The maximum Gasteiger partial charge on any atom is 0.416 e. The van der Waals surface area contributed by atoms with Crippen LogP contribution >= 0.6 is 0 Å². The molecular formula is C33H39F3N4O6S. The Bertz CT molecular complexity index is 1630. The SMILES string of the molecule is C=CCCOc1cc(C2=NC3(CCN(S(=O)(=O)CCc4ccc(C(=O)NCCOCC=C)cc4C)CC3)C(=O)N2)cc(C(F)(F)F)c1. The summed E-state index contributed by atoms with van der Waals surface area (Å²) in [6, 6.07) is 8.27. The number of amidine groups is 1. The minimum atomic E-state index is -4.65. The van der Waals surface area contributed by atoms with Gasteiger partial charge in [0.1, 0.15) is 17.1 Å². The molecule has 2 aliphatic heterocycles. The summed E-state index contributed by atoms with van der Waals surface area (Å²) in [4.78, 5) is 30.0. The van der Waals surface area contributed by atoms with E-state index in [-0.39, 0.29) is 67.8 Å². The number of aliphatic imine (C=N–C) groups is 1. The molecule has 1 spiro atoms. The first-order valence-corrected chi connectivity index (χ1v) is 16.8. The van der Waals surface area contributed by atoms with Crippen LogP contribution in [0.1, 0.15) is 51.9 Å². The zero-order valence-corrected chi connectivity index (χ0v) is 27.0. The van der Waals surface area contributed by atoms with Gasteiger partial charge in [0.05, 0.1) is 31.1 Å². The van der Waals surface area contributed by atoms with Crippen molar-refractivity contribution in [3.8, 4) is 5.75 Å². The third-order valence-electron chi connectivity index (χ3n) is 8.02. The molecule has 2 N–H and O–H groups in total. The van der Waals surface area contributed by atoms with E-state index in [1.807, 2.05) is 6.92 Å². The number of nitrogens with zero attached hydrogens (tertiary/aromatic N) is 2. The van der Waals surface area contributed by atoms with Gasteiger partial charge in [0.25, 0.3) is 11.8 Å². The van der Waals surface area contributed by atoms with Gasteiger partial charge in [0.2, 0.25) is 10.0 Å². The highest BCUT2D eigenvalue weighted by Gasteiger charge is 2.47. The fourth-order valence-electron chi connectivity index (χ4n) is 5.36. The molecule has 10 nitrogen and oxygen atoms in total. The van der Waals surface area contributed by atoms with E-state index in [1.54, 1.807) is 30.4 Å². The number of rotatable bonds is 15. The molecule has 47 heavy (non-hydrogen) atoms. The fraction of sp³-hybridized carbons (Fsp3) is 0.424. The molecule has 0 radical (unpaired) electrons. The number of sulfonamides is 1. The Morgan fingerprint density at radius 2 is 1.87 bits per heavy atom. The number of hydrogen-bond donors (Lipinski definition) is 2. The highest BCUT2D eigenvalue weighted by atomic mass is 32.2. The molecule has 2 aliphatic rings. The quantitative estimate of drug-likeness (QED) is 0.215. The Balaban J connectivity index is 1.38. The number of carbonyl (C=O) groups is 2. The summed E-state index contributed by atoms with van der Waals surface area (Å²) in [5, 5.41) is 5.38. The molecule has 4 rings (SSSR count). The number of ether oxygens (including phenoxy) is 2. The number of aryl methyl sites for hydroxylation is 2. The van der Waals surface area contributed by atoms with E-state index in [0.29, 0.717) is 31.7 Å². The molecule has 0 atom stereocenters. The van der Waals surface area contributed by atoms with Crippen LogP contribution in [-0.2, 0) is 32.2 Å². The molecule has 0 aromatic heterocycles. The van der Waals surface area contributed by atoms with E-state index in [1.165, 1.54) is 10.4 Å². The molecule has 254 valence electrons. The Morgan fingerprint density at radius 3 is 2.53 bits per heavy atom. The first-order chi connectivity index (χ1) is 22.3. The van der Waals surface area contributed by atoms with Crippen molar-refractivity contribution in [2.45, 2.75) is 44.3 Å². The maximum absolute atomic E-state index is 13.6. The Morgan fingerprint density at radius 1 is 1.13 bits per heavy atom. The van der Waals surface area contributed by atoms with Gasteiger partial charge >= 0.3 is 6.18 Å². The summed E-state index contributed by atoms with van der Waals surface area (Å²) < 4.78 is 79.5. The van der Waals surface area contributed by atoms with E-state index < -0.39 is 33.2 Å². The lowest BCUT2D eigenvalue weighted by Crippen LogP contribution is -2.50. The van der Waals surface area contributed by atoms with Crippen LogP contribution in [0.3, 0.4) is 0 Å². The van der Waals surface area contributed by atoms with Crippen molar-refractivity contribution in [3.05, 3.63) is 89.5 Å². The monoisotopic (exact) mass is 676 g/mol. The van der Waals surface area contributed by atoms with Crippen LogP contribution in [0.4, 0.5) is 13.2 Å². The Kier molecular flexibility index (Phi) is 11.6. The minimum Gasteiger partial charge on any atom is -0.493 e. The third-order valence-corrected chi connectivity index (χ3v) is 9.90. The van der Waals surface area contributed by atoms with E-state index in [2.05, 4.69) is 28.8 Å². The molecular weight excluding hydrogens is 637 g/mol. The zero-order valence-electron chi connectivity index (χ0n) is 26.2. The van der Waals surface area contributed by atoms with Gasteiger partial charge in [-0.2, -0.15) is 13.2 Å². The average Bonchev–Trinajstić information content (AvgIpc) is 3.34. The number of nitrogens with one attached hydrogen (secondary N) is 2. The third kappa shape index (κ3) is 9.08. The van der Waals surface area contributed by atoms with E-state index >= 15 is 0 Å². The molecule has 14 heteroatoms. The standard InChI is InChI=1S/C33H39F3N4O6S/c1-4-6-16-46-28-21-26(20-27(22-28)33(34,35)36)29-38-31(42)32(39-29)10-13-40(14-11-32)47(43,44)18-9-24-7-8-25(19-23(24)3)30(41)37-12-17-45-15-5-2/h4-5,7-8,19-22H,1-2,6,9-18H2,3H3,(H,37,41)(H,38,39,42). The highest BCUT2D eigenvalue weighted by Crippen LogP contribution is 2.36. The second-order valence-corrected chi connectivity index (χ2v) is 13.4. The van der Waals surface area contributed by atoms with Gasteiger partial charge in [0, 0.05) is 30.8 Å². The normalized spacial score (nSPS) is 16.4. The number of carbonyl (C=O) groups excluding carboxylic acids is 2. The smallest absolute Gasteiger partial charge is 0.416 e. The lowest BCUT2D eigenvalue weighted by molar-refractivity contribution is -0.137. The summed E-state index contributed by atoms with van der Waals surface area (Å²) in [6.07, 6.45) is -0.640. The Hall–Kier alpha value is -4.01. The van der Waals surface area contributed by atoms with Crippen LogP contribution in [0.15, 0.2) is 66.7 Å². The van der Waals surface area contributed by atoms with Gasteiger partial charge in [-0.15, -0.1) is 13.2 Å². The van der Waals surface area contributed by atoms with Gasteiger partial charge in [-0.05, 0) is 74.1 Å². The van der Waals surface area contributed by atoms with Crippen LogP contribution in [0.5, 0.6) is 5.75 Å². The average molecular weight is 677 g/mol. The largest absolute Gasteiger partial charge is 0.493 e. The number of alkyl halides is 3. The first kappa shape index (κ1) is 35.8. The first-order valence-electron chi connectivity index (χ1n) is 15.2. The topological polar surface area (TPSA) is 126 Å². The molecule has 0 bridgehead atoms. The van der Waals surface area contributed by atoms with Crippen molar-refractivity contribution in [2.75, 3.05) is 45.2 Å². The van der Waals surface area contributed by atoms with E-state index in [0.717, 1.165) is 23.3 Å². The van der Waals surface area contributed by atoms with Crippen molar-refractivity contribution < 1.29 is 40.7 Å². The Labute approximate surface area is 272 Å². The maximum atomic E-state index is 13.6. The summed E-state index contributed by atoms with van der Waals surface area (Å²) >= 11 is 0. The predicted octanol–water partition coefficient (Wildman–Crippen LogP) is 4.18. The number of benzene rings is 2. The lowest BCUT2D eigenvalue weighted by Gasteiger charge is -2.34. The summed E-state index contributed by atoms with van der Waals surface area (Å²) in [5.74, 6) is -0.954. The van der Waals surface area contributed by atoms with Gasteiger partial charge in [-0.3, -0.25) is 14.6 Å². The van der Waals surface area contributed by atoms with E-state index in [4.69, 9.17) is 9.47 Å². The molecule has 2 heterocycles. The van der Waals surface area contributed by atoms with Gasteiger partial charge in [-0.1, -0.05) is 18.2 Å². The van der Waals surface area contributed by atoms with Crippen molar-refractivity contribution in [1.82, 2.24) is 14.9 Å². The van der Waals surface area contributed by atoms with Crippen LogP contribution in [0.2, 0.25) is 0 Å². The lowest BCUT2D eigenvalue weighted by atomic mass is 9.89. The van der Waals surface area contributed by atoms with E-state index in [9.17, 15) is 31.2 Å². The molecule has 1 saturated heterocycles. The van der Waals surface area contributed by atoms with Crippen molar-refractivity contribution >= 4 is 27.7 Å². The summed E-state index contributed by atoms with van der Waals surface area (Å²) in [6.45, 7) is 10.2. The molecule has 1 fully saturated rings. The number of hydrogen-bond acceptors (Lipinski definition) is 7. The minimum absolute atomic E-state index is 0.0143. The van der Waals surface area contributed by atoms with Crippen LogP contribution in [0.25, 0.3) is 0 Å². The second-order valence-electron chi connectivity index (χ2n) is 11.3. The van der Waals surface area contributed by atoms with Crippen molar-refractivity contribution in [1.29, 1.82) is 0 Å². The van der Waals surface area contributed by atoms with Gasteiger partial charge in [0.15, 0.2) is 0 Å². The van der Waals surface area contributed by atoms with Crippen molar-refractivity contribution in [3.63, 3.8) is 0 Å². The molecule has 2 aromatic carbocycles. The number of halogens is 3. The highest BCUT2D eigenvalue weighted by molar-refractivity contribution is 7.89. The molecule has 0 saturated carbocycles. The molecule has 2 aromatic rings. The van der Waals surface area contributed by atoms with Crippen LogP contribution in [-0.4, -0.2) is 81.1 Å². The number of amides is 2. The second kappa shape index (κ2) is 15.3. The molecule has 2 amide bonds. The predicted molar refractivity (Wildman–Crippen MR) is 172 cm³/mol. The van der Waals surface area contributed by atoms with Crippen LogP contribution in [0, 0.1) is 6.92 Å². The zero-order chi connectivity index (χ0) is 34.2. The number of piperidine rings is 1. The fourth-order valence-corrected chi connectivity index (χ4v) is 6.84. The van der Waals surface area contributed by atoms with Crippen molar-refractivity contribution in [2.24, 2.45) is 4.99 Å².